The van der Waals surface area contributed by atoms with Gasteiger partial charge in [0.15, 0.2) is 0 Å². The van der Waals surface area contributed by atoms with Crippen molar-refractivity contribution in [2.75, 3.05) is 19.6 Å². The number of benzene rings is 2. The van der Waals surface area contributed by atoms with Gasteiger partial charge in [-0.05, 0) is 47.9 Å². The number of aromatic amines is 1. The first kappa shape index (κ1) is 22.7. The van der Waals surface area contributed by atoms with E-state index < -0.39 is 12.5 Å². The largest absolute Gasteiger partial charge is 0.573 e. The van der Waals surface area contributed by atoms with E-state index in [-0.39, 0.29) is 24.2 Å². The summed E-state index contributed by atoms with van der Waals surface area (Å²) in [7, 11) is 0. The number of nitrogens with one attached hydrogen (secondary N) is 1. The van der Waals surface area contributed by atoms with Crippen LogP contribution in [0.1, 0.15) is 21.5 Å². The average Bonchev–Trinajstić information content (AvgIpc) is 3.52. The molecule has 35 heavy (non-hydrogen) atoms. The number of hydrogen-bond acceptors (Lipinski definition) is 6. The number of hydrogen-bond donors (Lipinski definition) is 1. The molecule has 1 atom stereocenters. The molecule has 12 heteroatoms. The van der Waals surface area contributed by atoms with Crippen molar-refractivity contribution < 1.29 is 32.2 Å². The lowest BCUT2D eigenvalue weighted by atomic mass is 10.1. The molecule has 1 N–H and O–H groups in total. The van der Waals surface area contributed by atoms with E-state index in [4.69, 9.17) is 4.74 Å². The molecule has 0 aliphatic carbocycles. The number of likely N-dealkylation sites (tertiary alicyclic amines) is 1. The molecule has 182 valence electrons. The van der Waals surface area contributed by atoms with Crippen molar-refractivity contribution in [1.29, 1.82) is 0 Å². The highest BCUT2D eigenvalue weighted by Crippen LogP contribution is 2.32. The number of H-pyrrole nitrogens is 1. The number of aromatic nitrogens is 3. The van der Waals surface area contributed by atoms with E-state index in [9.17, 15) is 22.8 Å². The predicted octanol–water partition coefficient (Wildman–Crippen LogP) is 3.77. The zero-order valence-corrected chi connectivity index (χ0v) is 18.5. The van der Waals surface area contributed by atoms with Gasteiger partial charge in [-0.25, -0.2) is 4.79 Å². The number of halogens is 3. The Morgan fingerprint density at radius 3 is 2.63 bits per heavy atom. The van der Waals surface area contributed by atoms with Crippen molar-refractivity contribution in [1.82, 2.24) is 25.2 Å². The van der Waals surface area contributed by atoms with Crippen molar-refractivity contribution in [2.24, 2.45) is 5.92 Å². The Morgan fingerprint density at radius 2 is 1.91 bits per heavy atom. The summed E-state index contributed by atoms with van der Waals surface area (Å²) in [6.07, 6.45) is -3.51. The minimum atomic E-state index is -4.76. The molecular weight excluding hydrogens is 467 g/mol. The lowest BCUT2D eigenvalue weighted by molar-refractivity contribution is -0.274. The molecule has 0 spiro atoms. The minimum absolute atomic E-state index is 0.0152. The van der Waals surface area contributed by atoms with Crippen molar-refractivity contribution in [3.63, 3.8) is 0 Å². The first-order valence-electron chi connectivity index (χ1n) is 10.8. The molecule has 1 saturated heterocycles. The Labute approximate surface area is 197 Å². The van der Waals surface area contributed by atoms with Crippen molar-refractivity contribution in [3.05, 3.63) is 64.9 Å². The summed E-state index contributed by atoms with van der Waals surface area (Å²) in [5.74, 6) is -0.468. The minimum Gasteiger partial charge on any atom is -0.445 e. The Morgan fingerprint density at radius 1 is 1.14 bits per heavy atom. The van der Waals surface area contributed by atoms with E-state index in [0.29, 0.717) is 36.3 Å². The molecule has 5 rings (SSSR count). The Bertz CT molecular complexity index is 1320. The number of ether oxygens (including phenoxy) is 2. The quantitative estimate of drug-likeness (QED) is 0.601. The predicted molar refractivity (Wildman–Crippen MR) is 116 cm³/mol. The summed E-state index contributed by atoms with van der Waals surface area (Å²) in [4.78, 5) is 28.8. The van der Waals surface area contributed by atoms with E-state index in [2.05, 4.69) is 20.1 Å². The Kier molecular flexibility index (Phi) is 5.58. The van der Waals surface area contributed by atoms with Crippen LogP contribution in [-0.2, 0) is 11.3 Å². The Hall–Kier alpha value is -4.09. The number of aryl methyl sites for hydroxylation is 1. The zero-order chi connectivity index (χ0) is 24.7. The van der Waals surface area contributed by atoms with Gasteiger partial charge in [-0.2, -0.15) is 0 Å². The maximum Gasteiger partial charge on any atom is 0.573 e. The molecule has 1 fully saturated rings. The number of rotatable bonds is 4. The van der Waals surface area contributed by atoms with Crippen molar-refractivity contribution in [2.45, 2.75) is 19.9 Å². The first-order valence-corrected chi connectivity index (χ1v) is 10.8. The lowest BCUT2D eigenvalue weighted by Crippen LogP contribution is -2.33. The van der Waals surface area contributed by atoms with Gasteiger partial charge in [-0.3, -0.25) is 9.89 Å². The molecular formula is C23H20F3N5O4. The van der Waals surface area contributed by atoms with E-state index >= 15 is 0 Å². The van der Waals surface area contributed by atoms with Gasteiger partial charge < -0.3 is 19.3 Å². The Balaban J connectivity index is 1.17. The highest BCUT2D eigenvalue weighted by molar-refractivity contribution is 6.00. The van der Waals surface area contributed by atoms with Gasteiger partial charge in [0.1, 0.15) is 17.9 Å². The van der Waals surface area contributed by atoms with E-state index in [1.807, 2.05) is 6.92 Å². The molecule has 0 radical (unpaired) electrons. The summed E-state index contributed by atoms with van der Waals surface area (Å²) in [6, 6.07) is 8.64. The molecule has 0 unspecified atom stereocenters. The van der Waals surface area contributed by atoms with Crippen LogP contribution in [0.2, 0.25) is 0 Å². The van der Waals surface area contributed by atoms with Gasteiger partial charge in [-0.15, -0.1) is 18.3 Å². The van der Waals surface area contributed by atoms with Crippen LogP contribution in [0.3, 0.4) is 0 Å². The fraction of sp³-hybridized carbons (Fsp3) is 0.304. The maximum absolute atomic E-state index is 13.1. The zero-order valence-electron chi connectivity index (χ0n) is 18.5. The summed E-state index contributed by atoms with van der Waals surface area (Å²) in [6.45, 7) is 2.95. The van der Waals surface area contributed by atoms with Gasteiger partial charge in [0.05, 0.1) is 5.52 Å². The van der Waals surface area contributed by atoms with Gasteiger partial charge in [0.2, 0.25) is 0 Å². The number of alkyl halides is 3. The van der Waals surface area contributed by atoms with Crippen LogP contribution >= 0.6 is 0 Å². The van der Waals surface area contributed by atoms with Gasteiger partial charge in [-0.1, -0.05) is 17.3 Å². The maximum atomic E-state index is 13.1. The van der Waals surface area contributed by atoms with Crippen LogP contribution in [-0.4, -0.2) is 63.2 Å². The third-order valence-electron chi connectivity index (χ3n) is 6.10. The van der Waals surface area contributed by atoms with Gasteiger partial charge >= 0.3 is 12.5 Å². The van der Waals surface area contributed by atoms with Gasteiger partial charge in [0.25, 0.3) is 5.91 Å². The topological polar surface area (TPSA) is 101 Å². The summed E-state index contributed by atoms with van der Waals surface area (Å²) in [5.41, 5.74) is 4.20. The van der Waals surface area contributed by atoms with Crippen LogP contribution in [0.15, 0.2) is 48.2 Å². The molecule has 3 heterocycles. The SMILES string of the molecule is Cc1c(C(=O)N2C=C3CN(C(=O)OCc4ccc(OC(F)(F)F)cc4)C[C@@H]3C2)ccc2[nH]nnc12. The normalized spacial score (nSPS) is 17.5. The number of carbonyl (C=O) groups is 2. The highest BCUT2D eigenvalue weighted by Gasteiger charge is 2.38. The number of fused-ring (bicyclic) bond motifs is 2. The number of nitrogens with zero attached hydrogens (tertiary/aromatic N) is 4. The van der Waals surface area contributed by atoms with Crippen LogP contribution in [0.25, 0.3) is 11.0 Å². The molecule has 9 nitrogen and oxygen atoms in total. The fourth-order valence-corrected chi connectivity index (χ4v) is 4.35. The molecule has 2 aliphatic rings. The van der Waals surface area contributed by atoms with Gasteiger partial charge in [0, 0.05) is 37.3 Å². The fourth-order valence-electron chi connectivity index (χ4n) is 4.35. The molecule has 2 aliphatic heterocycles. The molecule has 3 aromatic rings. The summed E-state index contributed by atoms with van der Waals surface area (Å²) >= 11 is 0. The highest BCUT2D eigenvalue weighted by atomic mass is 19.4. The second kappa shape index (κ2) is 8.60. The van der Waals surface area contributed by atoms with Crippen LogP contribution < -0.4 is 4.74 Å². The molecule has 0 saturated carbocycles. The van der Waals surface area contributed by atoms with Crippen molar-refractivity contribution in [3.8, 4) is 5.75 Å². The third-order valence-corrected chi connectivity index (χ3v) is 6.10. The average molecular weight is 487 g/mol. The second-order valence-corrected chi connectivity index (χ2v) is 8.43. The molecule has 2 amide bonds. The summed E-state index contributed by atoms with van der Waals surface area (Å²) in [5, 5.41) is 10.6. The lowest BCUT2D eigenvalue weighted by Gasteiger charge is -2.20. The van der Waals surface area contributed by atoms with Crippen LogP contribution in [0.4, 0.5) is 18.0 Å². The molecule has 1 aromatic heterocycles. The van der Waals surface area contributed by atoms with E-state index in [1.165, 1.54) is 12.1 Å². The molecule has 0 bridgehead atoms. The number of carbonyl (C=O) groups excluding carboxylic acids is 2. The molecule has 2 aromatic carbocycles. The standard InChI is InChI=1S/C23H20F3N5O4/c1-13-18(6-7-19-20(13)28-29-27-19)21(32)30-8-15-10-31(11-16(15)9-30)22(33)34-12-14-2-4-17(5-3-14)35-23(24,25)26/h2-8,16H,9-12H2,1H3,(H,27,28,29)/t16-/m0/s1. The first-order chi connectivity index (χ1) is 16.7. The van der Waals surface area contributed by atoms with E-state index in [1.54, 1.807) is 28.1 Å². The van der Waals surface area contributed by atoms with Crippen LogP contribution in [0.5, 0.6) is 5.75 Å². The van der Waals surface area contributed by atoms with Crippen LogP contribution in [0, 0.1) is 12.8 Å². The monoisotopic (exact) mass is 487 g/mol. The summed E-state index contributed by atoms with van der Waals surface area (Å²) < 4.78 is 45.9. The third kappa shape index (κ3) is 4.63. The smallest absolute Gasteiger partial charge is 0.445 e. The second-order valence-electron chi connectivity index (χ2n) is 8.43. The van der Waals surface area contributed by atoms with Crippen molar-refractivity contribution >= 4 is 23.0 Å². The van der Waals surface area contributed by atoms with E-state index in [0.717, 1.165) is 28.8 Å². The number of amides is 2.